The zero-order valence-electron chi connectivity index (χ0n) is 16.9. The fourth-order valence-electron chi connectivity index (χ4n) is 2.83. The van der Waals surface area contributed by atoms with E-state index in [1.165, 1.54) is 12.1 Å². The molecule has 6 nitrogen and oxygen atoms in total. The molecule has 2 aromatic rings. The van der Waals surface area contributed by atoms with E-state index < -0.39 is 29.3 Å². The van der Waals surface area contributed by atoms with E-state index in [9.17, 15) is 23.1 Å². The Hall–Kier alpha value is -2.49. The van der Waals surface area contributed by atoms with Gasteiger partial charge in [-0.3, -0.25) is 0 Å². The molecule has 0 amide bonds. The number of carbonyl (C=O) groups is 1. The Bertz CT molecular complexity index is 980. The number of hydrogen-bond acceptors (Lipinski definition) is 6. The number of para-hydroxylation sites is 1. The van der Waals surface area contributed by atoms with Crippen LogP contribution < -0.4 is 9.47 Å². The van der Waals surface area contributed by atoms with Crippen molar-refractivity contribution in [3.05, 3.63) is 52.5 Å². The van der Waals surface area contributed by atoms with Crippen LogP contribution in [0.1, 0.15) is 36.7 Å². The maximum atomic E-state index is 12.7. The molecule has 0 atom stereocenters. The molecule has 0 aromatic heterocycles. The fraction of sp³-hybridized carbons (Fsp3) is 0.381. The monoisotopic (exact) mass is 460 g/mol. The lowest BCUT2D eigenvalue weighted by Gasteiger charge is -2.38. The third-order valence-electron chi connectivity index (χ3n) is 4.17. The van der Waals surface area contributed by atoms with Gasteiger partial charge in [-0.25, -0.2) is 4.79 Å². The average Bonchev–Trinajstić information content (AvgIpc) is 2.59. The topological polar surface area (TPSA) is 74.2 Å². The lowest BCUT2D eigenvalue weighted by molar-refractivity contribution is -0.274. The summed E-state index contributed by atoms with van der Waals surface area (Å²) in [5, 5.41) is 10.4. The van der Waals surface area contributed by atoms with Crippen molar-refractivity contribution in [2.24, 2.45) is 0 Å². The lowest BCUT2D eigenvalue weighted by Crippen LogP contribution is -2.46. The molecule has 10 heteroatoms. The molecule has 0 unspecified atom stereocenters. The number of carbonyl (C=O) groups excluding carboxylic acids is 1. The Morgan fingerprint density at radius 1 is 1.16 bits per heavy atom. The first-order valence-corrected chi connectivity index (χ1v) is 9.55. The van der Waals surface area contributed by atoms with Crippen LogP contribution >= 0.6 is 11.6 Å². The van der Waals surface area contributed by atoms with E-state index in [0.29, 0.717) is 0 Å². The zero-order valence-corrected chi connectivity index (χ0v) is 17.6. The van der Waals surface area contributed by atoms with Crippen molar-refractivity contribution in [1.82, 2.24) is 0 Å². The number of halogens is 4. The van der Waals surface area contributed by atoms with Gasteiger partial charge in [0.2, 0.25) is 0 Å². The van der Waals surface area contributed by atoms with Gasteiger partial charge in [-0.2, -0.15) is 0 Å². The molecule has 168 valence electrons. The van der Waals surface area contributed by atoms with E-state index in [2.05, 4.69) is 4.74 Å². The summed E-state index contributed by atoms with van der Waals surface area (Å²) in [5.74, 6) is -1.28. The highest BCUT2D eigenvalue weighted by Gasteiger charge is 2.42. The van der Waals surface area contributed by atoms with E-state index in [4.69, 9.17) is 25.8 Å². The molecule has 3 rings (SSSR count). The number of alkyl halides is 3. The molecule has 1 fully saturated rings. The molecule has 1 aliphatic heterocycles. The summed E-state index contributed by atoms with van der Waals surface area (Å²) >= 11 is 5.89. The van der Waals surface area contributed by atoms with Crippen LogP contribution in [0.25, 0.3) is 0 Å². The van der Waals surface area contributed by atoms with E-state index >= 15 is 0 Å². The highest BCUT2D eigenvalue weighted by atomic mass is 35.5. The van der Waals surface area contributed by atoms with Crippen molar-refractivity contribution < 1.29 is 42.0 Å². The molecule has 0 bridgehead atoms. The normalized spacial score (nSPS) is 15.7. The number of hydrogen-bond donors (Lipinski definition) is 1. The first-order chi connectivity index (χ1) is 14.3. The predicted molar refractivity (Wildman–Crippen MR) is 105 cm³/mol. The highest BCUT2D eigenvalue weighted by molar-refractivity contribution is 6.32. The SMILES string of the molecule is CC(C)(C)OC(=O)c1cccc(C2(O)COC2)c1Oc1ccc(OC(F)(F)F)c(Cl)c1. The maximum absolute atomic E-state index is 12.7. The smallest absolute Gasteiger partial charge is 0.456 e. The Morgan fingerprint density at radius 2 is 1.84 bits per heavy atom. The molecule has 0 saturated carbocycles. The van der Waals surface area contributed by atoms with Gasteiger partial charge in [-0.05, 0) is 39.0 Å². The van der Waals surface area contributed by atoms with Crippen molar-refractivity contribution in [2.45, 2.75) is 38.3 Å². The summed E-state index contributed by atoms with van der Waals surface area (Å²) in [6.45, 7) is 5.06. The van der Waals surface area contributed by atoms with Gasteiger partial charge in [-0.1, -0.05) is 23.7 Å². The van der Waals surface area contributed by atoms with Crippen LogP contribution in [0.4, 0.5) is 13.2 Å². The minimum absolute atomic E-state index is 0.0110. The van der Waals surface area contributed by atoms with Gasteiger partial charge in [-0.15, -0.1) is 13.2 Å². The van der Waals surface area contributed by atoms with Crippen LogP contribution in [-0.4, -0.2) is 36.3 Å². The third kappa shape index (κ3) is 5.61. The second-order valence-electron chi connectivity index (χ2n) is 7.95. The molecule has 31 heavy (non-hydrogen) atoms. The van der Waals surface area contributed by atoms with E-state index in [1.807, 2.05) is 0 Å². The molecule has 2 aromatic carbocycles. The van der Waals surface area contributed by atoms with E-state index in [-0.39, 0.29) is 40.9 Å². The van der Waals surface area contributed by atoms with Gasteiger partial charge in [0.05, 0.1) is 18.2 Å². The van der Waals surface area contributed by atoms with Gasteiger partial charge >= 0.3 is 12.3 Å². The highest BCUT2D eigenvalue weighted by Crippen LogP contribution is 2.42. The van der Waals surface area contributed by atoms with Gasteiger partial charge in [0.1, 0.15) is 34.0 Å². The summed E-state index contributed by atoms with van der Waals surface area (Å²) < 4.78 is 57.6. The van der Waals surface area contributed by atoms with Gasteiger partial charge < -0.3 is 24.1 Å². The maximum Gasteiger partial charge on any atom is 0.573 e. The minimum atomic E-state index is -4.91. The van der Waals surface area contributed by atoms with Crippen molar-refractivity contribution in [2.75, 3.05) is 13.2 Å². The van der Waals surface area contributed by atoms with Crippen LogP contribution in [0.15, 0.2) is 36.4 Å². The minimum Gasteiger partial charge on any atom is -0.456 e. The summed E-state index contributed by atoms with van der Waals surface area (Å²) in [5.41, 5.74) is -1.88. The van der Waals surface area contributed by atoms with Crippen molar-refractivity contribution in [3.8, 4) is 17.2 Å². The molecular formula is C21H20ClF3O6. The van der Waals surface area contributed by atoms with Crippen molar-refractivity contribution in [1.29, 1.82) is 0 Å². The first kappa shape index (κ1) is 23.2. The molecule has 0 spiro atoms. The van der Waals surface area contributed by atoms with E-state index in [0.717, 1.165) is 12.1 Å². The van der Waals surface area contributed by atoms with Crippen LogP contribution in [0, 0.1) is 0 Å². The second-order valence-corrected chi connectivity index (χ2v) is 8.36. The van der Waals surface area contributed by atoms with Gasteiger partial charge in [0.15, 0.2) is 0 Å². The van der Waals surface area contributed by atoms with Gasteiger partial charge in [0.25, 0.3) is 0 Å². The molecule has 0 radical (unpaired) electrons. The standard InChI is InChI=1S/C21H20ClF3O6/c1-19(2,3)31-18(26)13-5-4-6-14(20(27)10-28-11-20)17(13)29-12-7-8-16(15(22)9-12)30-21(23,24)25/h4-9,27H,10-11H2,1-3H3. The summed E-state index contributed by atoms with van der Waals surface area (Å²) in [7, 11) is 0. The molecule has 0 aliphatic carbocycles. The van der Waals surface area contributed by atoms with Crippen LogP contribution in [0.5, 0.6) is 17.2 Å². The summed E-state index contributed by atoms with van der Waals surface area (Å²) in [4.78, 5) is 12.7. The Morgan fingerprint density at radius 3 is 2.35 bits per heavy atom. The zero-order chi connectivity index (χ0) is 23.0. The van der Waals surface area contributed by atoms with Crippen molar-refractivity contribution in [3.63, 3.8) is 0 Å². The molecular weight excluding hydrogens is 441 g/mol. The van der Waals surface area contributed by atoms with Crippen molar-refractivity contribution >= 4 is 17.6 Å². The molecule has 1 N–H and O–H groups in total. The van der Waals surface area contributed by atoms with Crippen LogP contribution in [0.2, 0.25) is 5.02 Å². The van der Waals surface area contributed by atoms with Gasteiger partial charge in [0, 0.05) is 11.6 Å². The Balaban J connectivity index is 2.00. The largest absolute Gasteiger partial charge is 0.573 e. The van der Waals surface area contributed by atoms with E-state index in [1.54, 1.807) is 32.9 Å². The number of esters is 1. The summed E-state index contributed by atoms with van der Waals surface area (Å²) in [6, 6.07) is 7.88. The number of benzene rings is 2. The second kappa shape index (κ2) is 8.22. The third-order valence-corrected chi connectivity index (χ3v) is 4.46. The number of ether oxygens (including phenoxy) is 4. The quantitative estimate of drug-likeness (QED) is 0.618. The predicted octanol–water partition coefficient (Wildman–Crippen LogP) is 5.20. The number of aliphatic hydroxyl groups is 1. The average molecular weight is 461 g/mol. The molecule has 1 aliphatic rings. The molecule has 1 saturated heterocycles. The first-order valence-electron chi connectivity index (χ1n) is 9.17. The Kier molecular flexibility index (Phi) is 6.14. The lowest BCUT2D eigenvalue weighted by atomic mass is 9.89. The van der Waals surface area contributed by atoms with Crippen LogP contribution in [0.3, 0.4) is 0 Å². The summed E-state index contributed by atoms with van der Waals surface area (Å²) in [6.07, 6.45) is -4.91. The number of rotatable bonds is 5. The fourth-order valence-corrected chi connectivity index (χ4v) is 3.04. The van der Waals surface area contributed by atoms with Crippen LogP contribution in [-0.2, 0) is 15.1 Å². The molecule has 1 heterocycles. The Labute approximate surface area is 181 Å².